The van der Waals surface area contributed by atoms with E-state index < -0.39 is 10.8 Å². The predicted molar refractivity (Wildman–Crippen MR) is 127 cm³/mol. The van der Waals surface area contributed by atoms with E-state index in [1.54, 1.807) is 18.3 Å². The highest BCUT2D eigenvalue weighted by Crippen LogP contribution is 2.33. The molecule has 4 aromatic rings. The summed E-state index contributed by atoms with van der Waals surface area (Å²) in [5.41, 5.74) is 1.35. The number of carbonyl (C=O) groups excluding carboxylic acids is 1. The van der Waals surface area contributed by atoms with Crippen LogP contribution in [0.15, 0.2) is 42.6 Å². The third-order valence-corrected chi connectivity index (χ3v) is 6.96. The quantitative estimate of drug-likeness (QED) is 0.280. The zero-order valence-electron chi connectivity index (χ0n) is 17.4. The van der Waals surface area contributed by atoms with Gasteiger partial charge in [0.1, 0.15) is 5.82 Å². The zero-order chi connectivity index (χ0) is 22.9. The van der Waals surface area contributed by atoms with E-state index in [1.165, 1.54) is 18.6 Å². The number of amides is 1. The lowest BCUT2D eigenvalue weighted by atomic mass is 9.96. The number of hydrogen-bond donors (Lipinski definition) is 1. The normalized spacial score (nSPS) is 14.5. The number of carbonyl (C=O) groups is 1. The standard InChI is InChI=1S/C22H19ClN6O3S/c23-14-6-4-5-13(11-14)19-25-20(27-22(30)17-9-10-18(33-17)29(31)32)16-12-24-28(21(16)26-19)15-7-2-1-3-8-15/h4-6,9-12,15H,1-3,7-8H2,(H,25,26,27,30). The van der Waals surface area contributed by atoms with E-state index in [-0.39, 0.29) is 15.9 Å². The van der Waals surface area contributed by atoms with Gasteiger partial charge in [-0.3, -0.25) is 14.9 Å². The molecule has 9 nitrogen and oxygen atoms in total. The molecule has 0 spiro atoms. The third kappa shape index (κ3) is 4.31. The van der Waals surface area contributed by atoms with Gasteiger partial charge in [-0.05, 0) is 31.0 Å². The molecule has 1 aromatic carbocycles. The molecule has 11 heteroatoms. The Morgan fingerprint density at radius 3 is 2.73 bits per heavy atom. The van der Waals surface area contributed by atoms with Gasteiger partial charge in [0, 0.05) is 16.7 Å². The largest absolute Gasteiger partial charge is 0.324 e. The molecule has 1 amide bonds. The van der Waals surface area contributed by atoms with Crippen LogP contribution in [0.4, 0.5) is 10.8 Å². The molecule has 0 bridgehead atoms. The van der Waals surface area contributed by atoms with Crippen LogP contribution in [0.25, 0.3) is 22.4 Å². The van der Waals surface area contributed by atoms with Gasteiger partial charge in [0.2, 0.25) is 0 Å². The Balaban J connectivity index is 1.59. The Bertz CT molecular complexity index is 1360. The van der Waals surface area contributed by atoms with E-state index in [0.29, 0.717) is 33.3 Å². The number of nitrogens with one attached hydrogen (secondary N) is 1. The number of hydrogen-bond acceptors (Lipinski definition) is 7. The molecule has 0 atom stereocenters. The van der Waals surface area contributed by atoms with Gasteiger partial charge in [-0.1, -0.05) is 54.3 Å². The molecular formula is C22H19ClN6O3S. The van der Waals surface area contributed by atoms with E-state index in [9.17, 15) is 14.9 Å². The van der Waals surface area contributed by atoms with Crippen LogP contribution >= 0.6 is 22.9 Å². The molecule has 1 N–H and O–H groups in total. The summed E-state index contributed by atoms with van der Waals surface area (Å²) in [5, 5.41) is 19.5. The summed E-state index contributed by atoms with van der Waals surface area (Å²) in [6.07, 6.45) is 7.20. The van der Waals surface area contributed by atoms with Crippen molar-refractivity contribution in [2.75, 3.05) is 5.32 Å². The van der Waals surface area contributed by atoms with Crippen LogP contribution in [0.2, 0.25) is 5.02 Å². The van der Waals surface area contributed by atoms with Crippen LogP contribution in [0.5, 0.6) is 0 Å². The number of anilines is 1. The lowest BCUT2D eigenvalue weighted by Crippen LogP contribution is -2.15. The molecular weight excluding hydrogens is 464 g/mol. The second-order valence-corrected chi connectivity index (χ2v) is 9.37. The smallest absolute Gasteiger partial charge is 0.305 e. The van der Waals surface area contributed by atoms with Crippen LogP contribution in [-0.4, -0.2) is 30.6 Å². The maximum absolute atomic E-state index is 12.9. The summed E-state index contributed by atoms with van der Waals surface area (Å²) >= 11 is 6.99. The van der Waals surface area contributed by atoms with Gasteiger partial charge < -0.3 is 5.32 Å². The molecule has 33 heavy (non-hydrogen) atoms. The first-order valence-corrected chi connectivity index (χ1v) is 11.8. The van der Waals surface area contributed by atoms with E-state index in [4.69, 9.17) is 16.6 Å². The maximum Gasteiger partial charge on any atom is 0.324 e. The molecule has 0 unspecified atom stereocenters. The zero-order valence-corrected chi connectivity index (χ0v) is 19.0. The highest BCUT2D eigenvalue weighted by atomic mass is 35.5. The van der Waals surface area contributed by atoms with E-state index >= 15 is 0 Å². The van der Waals surface area contributed by atoms with E-state index in [1.807, 2.05) is 16.8 Å². The van der Waals surface area contributed by atoms with Crippen molar-refractivity contribution in [1.29, 1.82) is 0 Å². The van der Waals surface area contributed by atoms with Crippen molar-refractivity contribution < 1.29 is 9.72 Å². The lowest BCUT2D eigenvalue weighted by molar-refractivity contribution is -0.380. The fourth-order valence-electron chi connectivity index (χ4n) is 4.09. The molecule has 3 heterocycles. The van der Waals surface area contributed by atoms with E-state index in [2.05, 4.69) is 15.4 Å². The summed E-state index contributed by atoms with van der Waals surface area (Å²) in [4.78, 5) is 32.9. The Kier molecular flexibility index (Phi) is 5.77. The number of benzene rings is 1. The Labute approximate surface area is 197 Å². The van der Waals surface area contributed by atoms with Gasteiger partial charge in [-0.25, -0.2) is 14.6 Å². The molecule has 0 radical (unpaired) electrons. The monoisotopic (exact) mass is 482 g/mol. The Morgan fingerprint density at radius 1 is 1.18 bits per heavy atom. The SMILES string of the molecule is O=C(Nc1nc(-c2cccc(Cl)c2)nc2c1cnn2C1CCCCC1)c1ccc([N+](=O)[O-])s1. The number of aromatic nitrogens is 4. The Hall–Kier alpha value is -3.37. The molecule has 1 saturated carbocycles. The molecule has 0 aliphatic heterocycles. The van der Waals surface area contributed by atoms with Gasteiger partial charge in [0.15, 0.2) is 11.5 Å². The highest BCUT2D eigenvalue weighted by molar-refractivity contribution is 7.17. The van der Waals surface area contributed by atoms with Crippen molar-refractivity contribution in [1.82, 2.24) is 19.7 Å². The van der Waals surface area contributed by atoms with Gasteiger partial charge in [0.05, 0.1) is 27.4 Å². The first-order chi connectivity index (χ1) is 16.0. The molecule has 1 fully saturated rings. The Morgan fingerprint density at radius 2 is 2.00 bits per heavy atom. The fourth-order valence-corrected chi connectivity index (χ4v) is 4.99. The van der Waals surface area contributed by atoms with Gasteiger partial charge in [-0.2, -0.15) is 5.10 Å². The van der Waals surface area contributed by atoms with Crippen LogP contribution < -0.4 is 5.32 Å². The van der Waals surface area contributed by atoms with Crippen LogP contribution in [-0.2, 0) is 0 Å². The number of nitro groups is 1. The maximum atomic E-state index is 12.9. The summed E-state index contributed by atoms with van der Waals surface area (Å²) in [7, 11) is 0. The summed E-state index contributed by atoms with van der Waals surface area (Å²) in [6.45, 7) is 0. The number of halogens is 1. The van der Waals surface area contributed by atoms with Crippen molar-refractivity contribution in [3.63, 3.8) is 0 Å². The van der Waals surface area contributed by atoms with Crippen molar-refractivity contribution >= 4 is 50.7 Å². The van der Waals surface area contributed by atoms with E-state index in [0.717, 1.165) is 37.0 Å². The molecule has 168 valence electrons. The first kappa shape index (κ1) is 21.5. The summed E-state index contributed by atoms with van der Waals surface area (Å²) < 4.78 is 1.93. The van der Waals surface area contributed by atoms with Crippen molar-refractivity contribution in [2.24, 2.45) is 0 Å². The number of nitrogens with zero attached hydrogens (tertiary/aromatic N) is 5. The van der Waals surface area contributed by atoms with Crippen LogP contribution in [0.3, 0.4) is 0 Å². The third-order valence-electron chi connectivity index (χ3n) is 5.68. The molecule has 1 aliphatic carbocycles. The topological polar surface area (TPSA) is 116 Å². The molecule has 5 rings (SSSR count). The van der Waals surface area contributed by atoms with Gasteiger partial charge >= 0.3 is 5.00 Å². The minimum atomic E-state index is -0.518. The average molecular weight is 483 g/mol. The van der Waals surface area contributed by atoms with Crippen molar-refractivity contribution in [2.45, 2.75) is 38.1 Å². The molecule has 3 aromatic heterocycles. The second kappa shape index (κ2) is 8.87. The fraction of sp³-hybridized carbons (Fsp3) is 0.273. The number of thiophene rings is 1. The highest BCUT2D eigenvalue weighted by Gasteiger charge is 2.23. The van der Waals surface area contributed by atoms with Crippen LogP contribution in [0.1, 0.15) is 47.8 Å². The molecule has 1 aliphatic rings. The molecule has 0 saturated heterocycles. The predicted octanol–water partition coefficient (Wildman–Crippen LogP) is 5.87. The number of fused-ring (bicyclic) bond motifs is 1. The van der Waals surface area contributed by atoms with Gasteiger partial charge in [0.25, 0.3) is 5.91 Å². The summed E-state index contributed by atoms with van der Waals surface area (Å²) in [5.74, 6) is 0.240. The van der Waals surface area contributed by atoms with Crippen molar-refractivity contribution in [3.8, 4) is 11.4 Å². The average Bonchev–Trinajstić information content (AvgIpc) is 3.48. The first-order valence-electron chi connectivity index (χ1n) is 10.6. The lowest BCUT2D eigenvalue weighted by Gasteiger charge is -2.22. The summed E-state index contributed by atoms with van der Waals surface area (Å²) in [6, 6.07) is 10.2. The van der Waals surface area contributed by atoms with Crippen LogP contribution in [0, 0.1) is 10.1 Å². The minimum absolute atomic E-state index is 0.0993. The second-order valence-electron chi connectivity index (χ2n) is 7.87. The van der Waals surface area contributed by atoms with Gasteiger partial charge in [-0.15, -0.1) is 0 Å². The van der Waals surface area contributed by atoms with Crippen molar-refractivity contribution in [3.05, 3.63) is 62.6 Å². The minimum Gasteiger partial charge on any atom is -0.305 e. The number of rotatable bonds is 5.